The van der Waals surface area contributed by atoms with Crippen molar-refractivity contribution in [2.45, 2.75) is 52.3 Å². The quantitative estimate of drug-likeness (QED) is 0.512. The summed E-state index contributed by atoms with van der Waals surface area (Å²) in [7, 11) is 0. The third-order valence-electron chi connectivity index (χ3n) is 7.39. The van der Waals surface area contributed by atoms with Gasteiger partial charge in [0.2, 0.25) is 0 Å². The molecule has 2 atom stereocenters. The van der Waals surface area contributed by atoms with Crippen molar-refractivity contribution in [2.24, 2.45) is 5.92 Å². The number of piperazine rings is 1. The molecular formula is C30H38N8O2. The molecule has 2 saturated heterocycles. The molecule has 2 aliphatic rings. The van der Waals surface area contributed by atoms with Gasteiger partial charge in [-0.3, -0.25) is 9.97 Å². The summed E-state index contributed by atoms with van der Waals surface area (Å²) >= 11 is 0. The van der Waals surface area contributed by atoms with Crippen LogP contribution in [0.3, 0.4) is 0 Å². The normalized spacial score (nSPS) is 19.9. The van der Waals surface area contributed by atoms with Gasteiger partial charge in [-0.15, -0.1) is 0 Å². The van der Waals surface area contributed by atoms with E-state index >= 15 is 0 Å². The topological polar surface area (TPSA) is 111 Å². The summed E-state index contributed by atoms with van der Waals surface area (Å²) in [6, 6.07) is 10.5. The van der Waals surface area contributed by atoms with E-state index in [0.717, 1.165) is 47.6 Å². The van der Waals surface area contributed by atoms with Gasteiger partial charge in [0, 0.05) is 69.1 Å². The van der Waals surface area contributed by atoms with Gasteiger partial charge in [0.1, 0.15) is 17.5 Å². The number of amides is 1. The van der Waals surface area contributed by atoms with E-state index in [4.69, 9.17) is 4.74 Å². The zero-order chi connectivity index (χ0) is 28.3. The van der Waals surface area contributed by atoms with Crippen LogP contribution >= 0.6 is 0 Å². The maximum Gasteiger partial charge on any atom is 0.410 e. The van der Waals surface area contributed by atoms with Gasteiger partial charge in [-0.25, -0.2) is 9.78 Å². The maximum atomic E-state index is 12.3. The fourth-order valence-electron chi connectivity index (χ4n) is 5.52. The number of carbonyl (C=O) groups excluding carboxylic acids is 1. The summed E-state index contributed by atoms with van der Waals surface area (Å²) in [5, 5.41) is 14.2. The van der Waals surface area contributed by atoms with Crippen LogP contribution in [0.15, 0.2) is 42.9 Å². The summed E-state index contributed by atoms with van der Waals surface area (Å²) < 4.78 is 5.49. The average Bonchev–Trinajstić information content (AvgIpc) is 2.94. The Morgan fingerprint density at radius 2 is 1.88 bits per heavy atom. The Morgan fingerprint density at radius 3 is 2.58 bits per heavy atom. The number of pyridine rings is 1. The summed E-state index contributed by atoms with van der Waals surface area (Å²) in [5.74, 6) is 1.34. The van der Waals surface area contributed by atoms with Gasteiger partial charge >= 0.3 is 6.09 Å². The number of anilines is 2. The van der Waals surface area contributed by atoms with E-state index in [0.29, 0.717) is 50.2 Å². The molecule has 1 aromatic carbocycles. The zero-order valence-electron chi connectivity index (χ0n) is 23.8. The van der Waals surface area contributed by atoms with E-state index in [1.807, 2.05) is 45.3 Å². The molecular weight excluding hydrogens is 504 g/mol. The number of benzene rings is 1. The molecule has 0 radical (unpaired) electrons. The van der Waals surface area contributed by atoms with Crippen molar-refractivity contribution in [2.75, 3.05) is 49.1 Å². The molecule has 0 aliphatic carbocycles. The first-order valence-electron chi connectivity index (χ1n) is 14.0. The number of nitrogens with one attached hydrogen (secondary N) is 1. The van der Waals surface area contributed by atoms with Gasteiger partial charge in [-0.2, -0.15) is 5.26 Å². The highest BCUT2D eigenvalue weighted by Crippen LogP contribution is 2.31. The highest BCUT2D eigenvalue weighted by molar-refractivity contribution is 5.95. The SMILES string of the molecule is C[C@H]1C[C@@H](NCc2cnc(N3CCN(C(=O)OC(C)(C)C)CC3)cn2)CN(c2ccc(C#N)c3ncccc23)C1. The van der Waals surface area contributed by atoms with Crippen molar-refractivity contribution in [3.63, 3.8) is 0 Å². The Hall–Kier alpha value is -3.97. The maximum absolute atomic E-state index is 12.3. The van der Waals surface area contributed by atoms with E-state index in [9.17, 15) is 10.1 Å². The summed E-state index contributed by atoms with van der Waals surface area (Å²) in [4.78, 5) is 32.5. The van der Waals surface area contributed by atoms with E-state index in [1.165, 1.54) is 0 Å². The van der Waals surface area contributed by atoms with Crippen LogP contribution in [0.4, 0.5) is 16.3 Å². The minimum Gasteiger partial charge on any atom is -0.444 e. The largest absolute Gasteiger partial charge is 0.444 e. The summed E-state index contributed by atoms with van der Waals surface area (Å²) in [6.45, 7) is 13.0. The molecule has 1 N–H and O–H groups in total. The van der Waals surface area contributed by atoms with Crippen molar-refractivity contribution < 1.29 is 9.53 Å². The first-order valence-corrected chi connectivity index (χ1v) is 14.0. The average molecular weight is 543 g/mol. The number of carbonyl (C=O) groups is 1. The lowest BCUT2D eigenvalue weighted by atomic mass is 9.94. The first kappa shape index (κ1) is 27.6. The fourth-order valence-corrected chi connectivity index (χ4v) is 5.52. The molecule has 2 aromatic heterocycles. The van der Waals surface area contributed by atoms with Crippen molar-refractivity contribution in [1.82, 2.24) is 25.2 Å². The molecule has 1 amide bonds. The molecule has 2 aliphatic heterocycles. The van der Waals surface area contributed by atoms with Crippen molar-refractivity contribution in [3.05, 3.63) is 54.1 Å². The Balaban J connectivity index is 1.16. The van der Waals surface area contributed by atoms with Gasteiger partial charge in [-0.1, -0.05) is 6.92 Å². The van der Waals surface area contributed by atoms with E-state index in [-0.39, 0.29) is 6.09 Å². The number of aromatic nitrogens is 3. The van der Waals surface area contributed by atoms with Gasteiger partial charge < -0.3 is 24.8 Å². The Morgan fingerprint density at radius 1 is 1.07 bits per heavy atom. The Labute approximate surface area is 236 Å². The van der Waals surface area contributed by atoms with Crippen LogP contribution in [0.2, 0.25) is 0 Å². The highest BCUT2D eigenvalue weighted by atomic mass is 16.6. The number of fused-ring (bicyclic) bond motifs is 1. The number of nitrogens with zero attached hydrogens (tertiary/aromatic N) is 7. The van der Waals surface area contributed by atoms with Crippen LogP contribution < -0.4 is 15.1 Å². The first-order chi connectivity index (χ1) is 19.2. The predicted octanol–water partition coefficient (Wildman–Crippen LogP) is 3.96. The molecule has 0 saturated carbocycles. The van der Waals surface area contributed by atoms with Gasteiger partial charge in [0.25, 0.3) is 0 Å². The van der Waals surface area contributed by atoms with E-state index < -0.39 is 5.60 Å². The minimum atomic E-state index is -0.493. The molecule has 10 nitrogen and oxygen atoms in total. The smallest absolute Gasteiger partial charge is 0.410 e. The number of nitriles is 1. The number of ether oxygens (including phenoxy) is 1. The van der Waals surface area contributed by atoms with Gasteiger partial charge in [0.15, 0.2) is 0 Å². The molecule has 0 spiro atoms. The van der Waals surface area contributed by atoms with E-state index in [1.54, 1.807) is 11.1 Å². The van der Waals surface area contributed by atoms with Crippen LogP contribution in [-0.2, 0) is 11.3 Å². The summed E-state index contributed by atoms with van der Waals surface area (Å²) in [6.07, 6.45) is 6.22. The Bertz CT molecular complexity index is 1370. The third kappa shape index (κ3) is 6.42. The van der Waals surface area contributed by atoms with Crippen LogP contribution in [0, 0.1) is 17.2 Å². The molecule has 210 valence electrons. The summed E-state index contributed by atoms with van der Waals surface area (Å²) in [5.41, 5.74) is 2.88. The molecule has 3 aromatic rings. The lowest BCUT2D eigenvalue weighted by molar-refractivity contribution is 0.0240. The Kier molecular flexibility index (Phi) is 8.03. The molecule has 2 fully saturated rings. The van der Waals surface area contributed by atoms with Crippen LogP contribution in [0.25, 0.3) is 10.9 Å². The molecule has 0 bridgehead atoms. The standard InChI is InChI=1S/C30H38N8O2/c1-21-14-23(20-38(19-21)26-8-7-22(15-31)28-25(26)6-5-9-32-28)33-16-24-17-35-27(18-34-24)36-10-12-37(13-11-36)29(39)40-30(2,3)4/h5-9,17-18,21,23,33H,10-14,16,19-20H2,1-4H3/t21-,23+/m0/s1. The molecule has 10 heteroatoms. The highest BCUT2D eigenvalue weighted by Gasteiger charge is 2.28. The van der Waals surface area contributed by atoms with E-state index in [2.05, 4.69) is 55.2 Å². The second-order valence-corrected chi connectivity index (χ2v) is 11.8. The number of piperidine rings is 1. The van der Waals surface area contributed by atoms with Crippen LogP contribution in [0.1, 0.15) is 45.4 Å². The molecule has 4 heterocycles. The predicted molar refractivity (Wildman–Crippen MR) is 155 cm³/mol. The minimum absolute atomic E-state index is 0.265. The molecule has 0 unspecified atom stereocenters. The van der Waals surface area contributed by atoms with Crippen LogP contribution in [0.5, 0.6) is 0 Å². The number of hydrogen-bond acceptors (Lipinski definition) is 9. The lowest BCUT2D eigenvalue weighted by Crippen LogP contribution is -2.50. The second-order valence-electron chi connectivity index (χ2n) is 11.8. The number of hydrogen-bond donors (Lipinski definition) is 1. The van der Waals surface area contributed by atoms with Crippen molar-refractivity contribution >= 4 is 28.5 Å². The van der Waals surface area contributed by atoms with Gasteiger partial charge in [-0.05, 0) is 57.4 Å². The van der Waals surface area contributed by atoms with Crippen molar-refractivity contribution in [1.29, 1.82) is 5.26 Å². The zero-order valence-corrected chi connectivity index (χ0v) is 23.8. The van der Waals surface area contributed by atoms with Crippen molar-refractivity contribution in [3.8, 4) is 6.07 Å². The fraction of sp³-hybridized carbons (Fsp3) is 0.500. The monoisotopic (exact) mass is 542 g/mol. The van der Waals surface area contributed by atoms with Gasteiger partial charge in [0.05, 0.1) is 29.2 Å². The molecule has 40 heavy (non-hydrogen) atoms. The van der Waals surface area contributed by atoms with Crippen LogP contribution in [-0.4, -0.2) is 76.9 Å². The lowest BCUT2D eigenvalue weighted by Gasteiger charge is -2.39. The third-order valence-corrected chi connectivity index (χ3v) is 7.39. The number of rotatable bonds is 5. The molecule has 5 rings (SSSR count). The second kappa shape index (κ2) is 11.6.